The van der Waals surface area contributed by atoms with Crippen LogP contribution in [-0.2, 0) is 0 Å². The zero-order chi connectivity index (χ0) is 9.34. The van der Waals surface area contributed by atoms with E-state index in [4.69, 9.17) is 0 Å². The van der Waals surface area contributed by atoms with Crippen LogP contribution >= 0.6 is 0 Å². The lowest BCUT2D eigenvalue weighted by molar-refractivity contribution is 0.600. The van der Waals surface area contributed by atoms with Crippen LogP contribution in [0.5, 0.6) is 0 Å². The maximum atomic E-state index is 9.33. The first-order valence-electron chi connectivity index (χ1n) is 5.08. The quantitative estimate of drug-likeness (QED) is 0.561. The van der Waals surface area contributed by atoms with Crippen molar-refractivity contribution in [2.75, 3.05) is 0 Å². The topological polar surface area (TPSA) is 23.8 Å². The zero-order valence-corrected chi connectivity index (χ0v) is 7.64. The molecule has 4 atom stereocenters. The van der Waals surface area contributed by atoms with Crippen LogP contribution in [0.3, 0.4) is 0 Å². The molecule has 1 aromatic rings. The lowest BCUT2D eigenvalue weighted by Gasteiger charge is -2.11. The summed E-state index contributed by atoms with van der Waals surface area (Å²) in [5, 5.41) is 9.33. The van der Waals surface area contributed by atoms with Gasteiger partial charge in [-0.2, -0.15) is 5.26 Å². The molecule has 0 aromatic heterocycles. The number of nitriles is 1. The largest absolute Gasteiger partial charge is 0.198 e. The van der Waals surface area contributed by atoms with Crippen molar-refractivity contribution in [2.24, 2.45) is 11.3 Å². The Bertz CT molecular complexity index is 508. The highest BCUT2D eigenvalue weighted by atomic mass is 14.8. The molecule has 0 radical (unpaired) electrons. The summed E-state index contributed by atoms with van der Waals surface area (Å²) in [4.78, 5) is 0. The number of fused-ring (bicyclic) bond motifs is 4. The molecule has 0 bridgehead atoms. The summed E-state index contributed by atoms with van der Waals surface area (Å²) >= 11 is 0. The van der Waals surface area contributed by atoms with E-state index in [0.29, 0.717) is 17.8 Å². The molecule has 0 aliphatic heterocycles. The van der Waals surface area contributed by atoms with E-state index in [1.54, 1.807) is 0 Å². The first-order valence-corrected chi connectivity index (χ1v) is 5.08. The van der Waals surface area contributed by atoms with Crippen molar-refractivity contribution < 1.29 is 0 Å². The maximum absolute atomic E-state index is 9.33. The van der Waals surface area contributed by atoms with Crippen molar-refractivity contribution in [3.8, 4) is 6.07 Å². The van der Waals surface area contributed by atoms with E-state index in [1.807, 2.05) is 0 Å². The van der Waals surface area contributed by atoms with Gasteiger partial charge >= 0.3 is 0 Å². The molecule has 3 aliphatic carbocycles. The van der Waals surface area contributed by atoms with Crippen LogP contribution in [0, 0.1) is 22.7 Å². The Morgan fingerprint density at radius 3 is 2.71 bits per heavy atom. The summed E-state index contributed by atoms with van der Waals surface area (Å²) in [5.41, 5.74) is 2.75. The number of hydrogen-bond acceptors (Lipinski definition) is 1. The highest BCUT2D eigenvalue weighted by molar-refractivity contribution is 5.61. The Morgan fingerprint density at radius 1 is 1.14 bits per heavy atom. The zero-order valence-electron chi connectivity index (χ0n) is 7.64. The van der Waals surface area contributed by atoms with E-state index in [1.165, 1.54) is 11.1 Å². The van der Waals surface area contributed by atoms with E-state index in [2.05, 4.69) is 42.5 Å². The highest BCUT2D eigenvalue weighted by Gasteiger charge is 2.74. The Morgan fingerprint density at radius 2 is 1.93 bits per heavy atom. The van der Waals surface area contributed by atoms with Gasteiger partial charge in [0.15, 0.2) is 0 Å². The summed E-state index contributed by atoms with van der Waals surface area (Å²) in [6, 6.07) is 11.1. The molecule has 1 nitrogen and oxygen atoms in total. The van der Waals surface area contributed by atoms with Gasteiger partial charge in [-0.1, -0.05) is 36.4 Å². The van der Waals surface area contributed by atoms with Crippen molar-refractivity contribution in [3.63, 3.8) is 0 Å². The Hall–Kier alpha value is -1.55. The van der Waals surface area contributed by atoms with Crippen LogP contribution in [0.4, 0.5) is 0 Å². The first kappa shape index (κ1) is 6.84. The molecule has 0 spiro atoms. The van der Waals surface area contributed by atoms with E-state index >= 15 is 0 Å². The monoisotopic (exact) mass is 179 g/mol. The highest BCUT2D eigenvalue weighted by Crippen LogP contribution is 2.79. The Labute approximate surface area is 82.7 Å². The average Bonchev–Trinajstić information content (AvgIpc) is 2.67. The van der Waals surface area contributed by atoms with Crippen molar-refractivity contribution in [1.29, 1.82) is 5.26 Å². The van der Waals surface area contributed by atoms with Gasteiger partial charge in [0.05, 0.1) is 11.5 Å². The number of allylic oxidation sites excluding steroid dienone is 2. The Kier molecular flexibility index (Phi) is 0.873. The molecule has 0 N–H and O–H groups in total. The smallest absolute Gasteiger partial charge is 0.0820 e. The summed E-state index contributed by atoms with van der Waals surface area (Å²) in [7, 11) is 0. The minimum atomic E-state index is -0.0658. The predicted octanol–water partition coefficient (Wildman–Crippen LogP) is 2.58. The first-order chi connectivity index (χ1) is 6.89. The molecule has 1 heteroatoms. The molecule has 0 heterocycles. The second kappa shape index (κ2) is 1.79. The van der Waals surface area contributed by atoms with Gasteiger partial charge in [-0.05, 0) is 11.1 Å². The molecular weight excluding hydrogens is 170 g/mol. The molecule has 14 heavy (non-hydrogen) atoms. The normalized spacial score (nSPS) is 44.4. The summed E-state index contributed by atoms with van der Waals surface area (Å²) < 4.78 is 0. The minimum absolute atomic E-state index is 0.0658. The van der Waals surface area contributed by atoms with Crippen LogP contribution in [-0.4, -0.2) is 0 Å². The summed E-state index contributed by atoms with van der Waals surface area (Å²) in [5.74, 6) is 1.42. The van der Waals surface area contributed by atoms with Crippen molar-refractivity contribution in [2.45, 2.75) is 11.8 Å². The Balaban J connectivity index is 2.05. The van der Waals surface area contributed by atoms with Gasteiger partial charge in [-0.25, -0.2) is 0 Å². The van der Waals surface area contributed by atoms with Gasteiger partial charge in [0.2, 0.25) is 0 Å². The van der Waals surface area contributed by atoms with Gasteiger partial charge in [0.1, 0.15) is 0 Å². The molecule has 1 fully saturated rings. The fourth-order valence-electron chi connectivity index (χ4n) is 3.60. The van der Waals surface area contributed by atoms with Crippen LogP contribution in [0.2, 0.25) is 0 Å². The molecule has 0 amide bonds. The molecule has 1 aromatic carbocycles. The molecule has 1 saturated carbocycles. The molecule has 3 aliphatic rings. The molecule has 0 saturated heterocycles. The van der Waals surface area contributed by atoms with Gasteiger partial charge < -0.3 is 0 Å². The van der Waals surface area contributed by atoms with Crippen molar-refractivity contribution >= 4 is 0 Å². The van der Waals surface area contributed by atoms with Crippen LogP contribution in [0.1, 0.15) is 23.0 Å². The van der Waals surface area contributed by atoms with Crippen LogP contribution in [0.25, 0.3) is 0 Å². The van der Waals surface area contributed by atoms with Crippen molar-refractivity contribution in [3.05, 3.63) is 47.5 Å². The van der Waals surface area contributed by atoms with Crippen LogP contribution in [0.15, 0.2) is 36.4 Å². The number of nitrogens with zero attached hydrogens (tertiary/aromatic N) is 1. The minimum Gasteiger partial charge on any atom is -0.198 e. The number of hydrogen-bond donors (Lipinski definition) is 0. The van der Waals surface area contributed by atoms with Crippen LogP contribution < -0.4 is 0 Å². The second-order valence-corrected chi connectivity index (χ2v) is 4.54. The fraction of sp³-hybridized carbons (Fsp3) is 0.308. The third-order valence-corrected chi connectivity index (χ3v) is 4.20. The number of benzene rings is 1. The lowest BCUT2D eigenvalue weighted by Crippen LogP contribution is -2.05. The van der Waals surface area contributed by atoms with E-state index < -0.39 is 0 Å². The SMILES string of the molecule is N#C[C@]12[C@@H]3C=C[C@@H]1[C@H]2c1ccccc13. The molecule has 0 unspecified atom stereocenters. The number of rotatable bonds is 0. The van der Waals surface area contributed by atoms with Gasteiger partial charge in [-0.3, -0.25) is 0 Å². The van der Waals surface area contributed by atoms with Gasteiger partial charge in [-0.15, -0.1) is 0 Å². The van der Waals surface area contributed by atoms with E-state index in [0.717, 1.165) is 0 Å². The standard InChI is InChI=1S/C13H9N/c14-7-13-10-5-6-11(13)12(13)9-4-2-1-3-8(9)10/h1-6,10-12H/t10-,11-,12-,13+/m1/s1. The van der Waals surface area contributed by atoms with E-state index in [9.17, 15) is 5.26 Å². The lowest BCUT2D eigenvalue weighted by atomic mass is 9.90. The third-order valence-electron chi connectivity index (χ3n) is 4.20. The molecular formula is C13H9N. The predicted molar refractivity (Wildman–Crippen MR) is 52.6 cm³/mol. The molecule has 4 rings (SSSR count). The van der Waals surface area contributed by atoms with E-state index in [-0.39, 0.29) is 5.41 Å². The molecule has 66 valence electrons. The summed E-state index contributed by atoms with van der Waals surface area (Å²) in [6.07, 6.45) is 4.48. The second-order valence-electron chi connectivity index (χ2n) is 4.54. The van der Waals surface area contributed by atoms with Gasteiger partial charge in [0.25, 0.3) is 0 Å². The van der Waals surface area contributed by atoms with Crippen molar-refractivity contribution in [1.82, 2.24) is 0 Å². The van der Waals surface area contributed by atoms with Gasteiger partial charge in [0, 0.05) is 17.8 Å². The fourth-order valence-corrected chi connectivity index (χ4v) is 3.60. The average molecular weight is 179 g/mol. The summed E-state index contributed by atoms with van der Waals surface area (Å²) in [6.45, 7) is 0. The third kappa shape index (κ3) is 0.452. The maximum Gasteiger partial charge on any atom is 0.0820 e.